The van der Waals surface area contributed by atoms with Crippen LogP contribution in [-0.2, 0) is 19.6 Å². The summed E-state index contributed by atoms with van der Waals surface area (Å²) < 4.78 is 38.2. The molecule has 0 saturated heterocycles. The van der Waals surface area contributed by atoms with Crippen LogP contribution >= 0.6 is 11.6 Å². The van der Waals surface area contributed by atoms with Gasteiger partial charge in [-0.05, 0) is 57.2 Å². The molecule has 2 rings (SSSR count). The third kappa shape index (κ3) is 5.37. The minimum atomic E-state index is -4.05. The molecule has 0 N–H and O–H groups in total. The number of hydrogen-bond donors (Lipinski definition) is 0. The van der Waals surface area contributed by atoms with Crippen LogP contribution in [0.4, 0.5) is 5.69 Å². The molecule has 0 heterocycles. The Morgan fingerprint density at radius 3 is 2.33 bits per heavy atom. The Hall–Kier alpha value is -2.25. The Morgan fingerprint density at radius 2 is 1.74 bits per heavy atom. The Balaban J connectivity index is 2.53. The smallest absolute Gasteiger partial charge is 0.327 e. The number of para-hydroxylation sites is 2. The van der Waals surface area contributed by atoms with E-state index >= 15 is 0 Å². The Morgan fingerprint density at radius 1 is 1.11 bits per heavy atom. The van der Waals surface area contributed by atoms with Crippen molar-refractivity contribution in [3.05, 3.63) is 53.6 Å². The van der Waals surface area contributed by atoms with Crippen LogP contribution in [0.1, 0.15) is 20.8 Å². The van der Waals surface area contributed by atoms with Crippen LogP contribution < -0.4 is 9.04 Å². The molecule has 0 unspecified atom stereocenters. The van der Waals surface area contributed by atoms with Gasteiger partial charge in [-0.3, -0.25) is 9.10 Å². The molecular formula is C19H22ClNO5S. The highest BCUT2D eigenvalue weighted by Crippen LogP contribution is 2.32. The predicted octanol–water partition coefficient (Wildman–Crippen LogP) is 3.89. The number of hydrogen-bond acceptors (Lipinski definition) is 5. The highest BCUT2D eigenvalue weighted by Gasteiger charge is 2.30. The van der Waals surface area contributed by atoms with E-state index in [0.717, 1.165) is 4.31 Å². The van der Waals surface area contributed by atoms with Crippen LogP contribution in [0, 0.1) is 0 Å². The zero-order chi connectivity index (χ0) is 20.0. The van der Waals surface area contributed by atoms with E-state index < -0.39 is 22.5 Å². The summed E-state index contributed by atoms with van der Waals surface area (Å²) in [5.74, 6) is -0.302. The van der Waals surface area contributed by atoms with Gasteiger partial charge in [-0.25, -0.2) is 8.42 Å². The SMILES string of the molecule is CCOc1ccccc1N(CC(=O)OC(C)C)S(=O)(=O)c1ccc(Cl)cc1. The molecule has 0 radical (unpaired) electrons. The Labute approximate surface area is 164 Å². The molecule has 0 aliphatic carbocycles. The van der Waals surface area contributed by atoms with Crippen LogP contribution in [0.25, 0.3) is 0 Å². The van der Waals surface area contributed by atoms with E-state index in [1.807, 2.05) is 0 Å². The molecule has 0 amide bonds. The number of ether oxygens (including phenoxy) is 2. The summed E-state index contributed by atoms with van der Waals surface area (Å²) in [6, 6.07) is 12.4. The van der Waals surface area contributed by atoms with Gasteiger partial charge in [-0.2, -0.15) is 0 Å². The molecular weight excluding hydrogens is 390 g/mol. The molecule has 2 aromatic carbocycles. The molecule has 146 valence electrons. The standard InChI is InChI=1S/C19H22ClNO5S/c1-4-25-18-8-6-5-7-17(18)21(13-19(22)26-14(2)3)27(23,24)16-11-9-15(20)10-12-16/h5-12,14H,4,13H2,1-3H3. The lowest BCUT2D eigenvalue weighted by Crippen LogP contribution is -2.37. The molecule has 0 atom stereocenters. The van der Waals surface area contributed by atoms with E-state index in [4.69, 9.17) is 21.1 Å². The van der Waals surface area contributed by atoms with E-state index in [9.17, 15) is 13.2 Å². The number of sulfonamides is 1. The van der Waals surface area contributed by atoms with Crippen molar-refractivity contribution >= 4 is 33.3 Å². The summed E-state index contributed by atoms with van der Waals surface area (Å²) in [6.07, 6.45) is -0.361. The van der Waals surface area contributed by atoms with Crippen molar-refractivity contribution in [2.75, 3.05) is 17.5 Å². The lowest BCUT2D eigenvalue weighted by molar-refractivity contribution is -0.145. The van der Waals surface area contributed by atoms with Gasteiger partial charge in [0.15, 0.2) is 0 Å². The van der Waals surface area contributed by atoms with E-state index in [1.165, 1.54) is 24.3 Å². The maximum atomic E-state index is 13.2. The molecule has 0 saturated carbocycles. The first kappa shape index (κ1) is 21.1. The van der Waals surface area contributed by atoms with Crippen molar-refractivity contribution in [2.24, 2.45) is 0 Å². The van der Waals surface area contributed by atoms with Gasteiger partial charge < -0.3 is 9.47 Å². The average molecular weight is 412 g/mol. The maximum absolute atomic E-state index is 13.2. The minimum absolute atomic E-state index is 0.00977. The molecule has 0 aromatic heterocycles. The van der Waals surface area contributed by atoms with Crippen molar-refractivity contribution < 1.29 is 22.7 Å². The summed E-state index contributed by atoms with van der Waals surface area (Å²) in [5.41, 5.74) is 0.259. The second-order valence-electron chi connectivity index (χ2n) is 5.90. The fourth-order valence-electron chi connectivity index (χ4n) is 2.39. The third-order valence-electron chi connectivity index (χ3n) is 3.48. The van der Waals surface area contributed by atoms with Gasteiger partial charge in [-0.15, -0.1) is 0 Å². The number of benzene rings is 2. The van der Waals surface area contributed by atoms with E-state index in [2.05, 4.69) is 0 Å². The zero-order valence-electron chi connectivity index (χ0n) is 15.4. The Kier molecular flexibility index (Phi) is 7.10. The first-order chi connectivity index (χ1) is 12.8. The number of nitrogens with zero attached hydrogens (tertiary/aromatic N) is 1. The van der Waals surface area contributed by atoms with Crippen molar-refractivity contribution in [2.45, 2.75) is 31.8 Å². The number of esters is 1. The number of rotatable bonds is 8. The highest BCUT2D eigenvalue weighted by atomic mass is 35.5. The topological polar surface area (TPSA) is 72.9 Å². The summed E-state index contributed by atoms with van der Waals surface area (Å²) in [7, 11) is -4.05. The van der Waals surface area contributed by atoms with E-state index in [0.29, 0.717) is 17.4 Å². The molecule has 0 fully saturated rings. The quantitative estimate of drug-likeness (QED) is 0.616. The van der Waals surface area contributed by atoms with Gasteiger partial charge in [0.1, 0.15) is 12.3 Å². The average Bonchev–Trinajstić information content (AvgIpc) is 2.60. The van der Waals surface area contributed by atoms with Crippen molar-refractivity contribution in [1.29, 1.82) is 0 Å². The molecule has 2 aromatic rings. The number of anilines is 1. The van der Waals surface area contributed by atoms with Crippen LogP contribution in [0.5, 0.6) is 5.75 Å². The Bertz CT molecular complexity index is 881. The molecule has 8 heteroatoms. The normalized spacial score (nSPS) is 11.3. The second kappa shape index (κ2) is 9.10. The van der Waals surface area contributed by atoms with Crippen LogP contribution in [0.3, 0.4) is 0 Å². The molecule has 0 aliphatic heterocycles. The zero-order valence-corrected chi connectivity index (χ0v) is 17.0. The lowest BCUT2D eigenvalue weighted by Gasteiger charge is -2.26. The third-order valence-corrected chi connectivity index (χ3v) is 5.50. The lowest BCUT2D eigenvalue weighted by atomic mass is 10.3. The summed E-state index contributed by atoms with van der Waals surface area (Å²) in [4.78, 5) is 12.3. The van der Waals surface area contributed by atoms with Gasteiger partial charge >= 0.3 is 5.97 Å². The molecule has 0 bridgehead atoms. The van der Waals surface area contributed by atoms with Crippen LogP contribution in [0.2, 0.25) is 5.02 Å². The molecule has 0 spiro atoms. The van der Waals surface area contributed by atoms with Gasteiger partial charge in [0.05, 0.1) is 23.3 Å². The first-order valence-corrected chi connectivity index (χ1v) is 10.3. The van der Waals surface area contributed by atoms with Crippen molar-refractivity contribution in [3.63, 3.8) is 0 Å². The molecule has 6 nitrogen and oxygen atoms in total. The predicted molar refractivity (Wildman–Crippen MR) is 105 cm³/mol. The summed E-state index contributed by atoms with van der Waals surface area (Å²) in [5, 5.41) is 0.412. The number of carbonyl (C=O) groups excluding carboxylic acids is 1. The minimum Gasteiger partial charge on any atom is -0.492 e. The van der Waals surface area contributed by atoms with Gasteiger partial charge in [0.2, 0.25) is 0 Å². The van der Waals surface area contributed by atoms with E-state index in [-0.39, 0.29) is 16.7 Å². The maximum Gasteiger partial charge on any atom is 0.327 e. The summed E-state index contributed by atoms with van der Waals surface area (Å²) >= 11 is 5.86. The number of halogens is 1. The largest absolute Gasteiger partial charge is 0.492 e. The van der Waals surface area contributed by atoms with Crippen LogP contribution in [-0.4, -0.2) is 33.6 Å². The van der Waals surface area contributed by atoms with Crippen LogP contribution in [0.15, 0.2) is 53.4 Å². The van der Waals surface area contributed by atoms with E-state index in [1.54, 1.807) is 45.0 Å². The fraction of sp³-hybridized carbons (Fsp3) is 0.316. The first-order valence-electron chi connectivity index (χ1n) is 8.45. The van der Waals surface area contributed by atoms with Crippen molar-refractivity contribution in [1.82, 2.24) is 0 Å². The monoisotopic (exact) mass is 411 g/mol. The summed E-state index contributed by atoms with van der Waals surface area (Å²) in [6.45, 7) is 5.06. The number of carbonyl (C=O) groups is 1. The van der Waals surface area contributed by atoms with Gasteiger partial charge in [0, 0.05) is 5.02 Å². The van der Waals surface area contributed by atoms with Crippen molar-refractivity contribution in [3.8, 4) is 5.75 Å². The fourth-order valence-corrected chi connectivity index (χ4v) is 3.94. The highest BCUT2D eigenvalue weighted by molar-refractivity contribution is 7.92. The second-order valence-corrected chi connectivity index (χ2v) is 8.20. The van der Waals surface area contributed by atoms with Gasteiger partial charge in [-0.1, -0.05) is 23.7 Å². The molecule has 0 aliphatic rings. The van der Waals surface area contributed by atoms with Gasteiger partial charge in [0.25, 0.3) is 10.0 Å². The molecule has 27 heavy (non-hydrogen) atoms.